The number of nitrogens with one attached hydrogen (secondary N) is 1. The second-order valence-corrected chi connectivity index (χ2v) is 3.72. The summed E-state index contributed by atoms with van der Waals surface area (Å²) >= 11 is 0. The van der Waals surface area contributed by atoms with E-state index in [1.807, 2.05) is 54.6 Å². The molecule has 2 heteroatoms. The molecule has 0 aromatic heterocycles. The Hall–Kier alpha value is -2.22. The zero-order valence-electron chi connectivity index (χ0n) is 8.64. The molecule has 1 aliphatic heterocycles. The van der Waals surface area contributed by atoms with Crippen LogP contribution in [0.4, 0.5) is 0 Å². The van der Waals surface area contributed by atoms with Crippen molar-refractivity contribution in [1.29, 1.82) is 5.41 Å². The molecule has 0 unspecified atom stereocenters. The maximum absolute atomic E-state index is 7.82. The molecule has 0 spiro atoms. The first-order chi connectivity index (χ1) is 7.86. The Bertz CT molecular complexity index is 583. The fraction of sp³-hybridized carbons (Fsp3) is 0. The summed E-state index contributed by atoms with van der Waals surface area (Å²) in [4.78, 5) is 4.33. The summed E-state index contributed by atoms with van der Waals surface area (Å²) in [5.41, 5.74) is 3.94. The van der Waals surface area contributed by atoms with E-state index in [0.29, 0.717) is 5.84 Å². The summed E-state index contributed by atoms with van der Waals surface area (Å²) in [5, 5.41) is 7.82. The molecule has 0 saturated heterocycles. The highest BCUT2D eigenvalue weighted by Gasteiger charge is 2.20. The first-order valence-corrected chi connectivity index (χ1v) is 5.19. The average Bonchev–Trinajstić information content (AvgIpc) is 2.69. The highest BCUT2D eigenvalue weighted by Crippen LogP contribution is 2.22. The van der Waals surface area contributed by atoms with E-state index in [0.717, 1.165) is 22.4 Å². The highest BCUT2D eigenvalue weighted by atomic mass is 14.9. The van der Waals surface area contributed by atoms with Gasteiger partial charge >= 0.3 is 0 Å². The van der Waals surface area contributed by atoms with Crippen LogP contribution in [0.3, 0.4) is 0 Å². The average molecular weight is 206 g/mol. The first-order valence-electron chi connectivity index (χ1n) is 5.19. The summed E-state index contributed by atoms with van der Waals surface area (Å²) in [6.45, 7) is 0. The molecular weight excluding hydrogens is 196 g/mol. The largest absolute Gasteiger partial charge is 0.282 e. The number of benzene rings is 2. The van der Waals surface area contributed by atoms with Crippen LogP contribution in [-0.2, 0) is 0 Å². The van der Waals surface area contributed by atoms with Crippen LogP contribution in [0.1, 0.15) is 16.7 Å². The van der Waals surface area contributed by atoms with Gasteiger partial charge in [0, 0.05) is 16.7 Å². The van der Waals surface area contributed by atoms with Gasteiger partial charge in [0.1, 0.15) is 0 Å². The molecular formula is C14H10N2. The van der Waals surface area contributed by atoms with Crippen LogP contribution in [-0.4, -0.2) is 11.5 Å². The van der Waals surface area contributed by atoms with Gasteiger partial charge in [-0.2, -0.15) is 0 Å². The fourth-order valence-corrected chi connectivity index (χ4v) is 1.94. The Morgan fingerprint density at radius 1 is 0.750 bits per heavy atom. The van der Waals surface area contributed by atoms with Crippen molar-refractivity contribution in [3.05, 3.63) is 71.3 Å². The molecule has 1 aliphatic rings. The first kappa shape index (κ1) is 9.04. The Balaban J connectivity index is 2.19. The lowest BCUT2D eigenvalue weighted by Crippen LogP contribution is -1.99. The molecule has 1 N–H and O–H groups in total. The normalized spacial score (nSPS) is 13.5. The van der Waals surface area contributed by atoms with E-state index in [9.17, 15) is 0 Å². The Kier molecular flexibility index (Phi) is 1.93. The van der Waals surface area contributed by atoms with Gasteiger partial charge in [0.15, 0.2) is 5.84 Å². The van der Waals surface area contributed by atoms with Gasteiger partial charge in [-0.3, -0.25) is 5.41 Å². The Labute approximate surface area is 93.8 Å². The van der Waals surface area contributed by atoms with Crippen LogP contribution in [0.2, 0.25) is 0 Å². The molecule has 0 bridgehead atoms. The summed E-state index contributed by atoms with van der Waals surface area (Å²) < 4.78 is 0. The smallest absolute Gasteiger partial charge is 0.153 e. The van der Waals surface area contributed by atoms with Crippen molar-refractivity contribution in [2.75, 3.05) is 0 Å². The van der Waals surface area contributed by atoms with Gasteiger partial charge in [0.25, 0.3) is 0 Å². The monoisotopic (exact) mass is 206 g/mol. The second kappa shape index (κ2) is 3.42. The van der Waals surface area contributed by atoms with Crippen LogP contribution in [0.5, 0.6) is 0 Å². The Morgan fingerprint density at radius 2 is 1.38 bits per heavy atom. The van der Waals surface area contributed by atoms with Gasteiger partial charge in [-0.25, -0.2) is 4.99 Å². The van der Waals surface area contributed by atoms with Crippen molar-refractivity contribution < 1.29 is 0 Å². The lowest BCUT2D eigenvalue weighted by atomic mass is 10.0. The minimum absolute atomic E-state index is 0.356. The molecule has 2 nitrogen and oxygen atoms in total. The number of aliphatic imine (C=N–C) groups is 1. The molecule has 0 aliphatic carbocycles. The molecule has 1 heterocycles. The molecule has 0 saturated carbocycles. The zero-order valence-corrected chi connectivity index (χ0v) is 8.64. The van der Waals surface area contributed by atoms with E-state index in [1.54, 1.807) is 0 Å². The quantitative estimate of drug-likeness (QED) is 0.744. The number of hydrogen-bond donors (Lipinski definition) is 1. The number of hydrogen-bond acceptors (Lipinski definition) is 1. The third-order valence-corrected chi connectivity index (χ3v) is 2.71. The predicted molar refractivity (Wildman–Crippen MR) is 65.4 cm³/mol. The number of amidine groups is 1. The predicted octanol–water partition coefficient (Wildman–Crippen LogP) is 2.86. The number of rotatable bonds is 1. The van der Waals surface area contributed by atoms with Crippen molar-refractivity contribution in [2.45, 2.75) is 0 Å². The van der Waals surface area contributed by atoms with Gasteiger partial charge in [-0.05, 0) is 0 Å². The van der Waals surface area contributed by atoms with Crippen LogP contribution >= 0.6 is 0 Å². The third kappa shape index (κ3) is 1.27. The molecule has 0 atom stereocenters. The SMILES string of the molecule is N=C1N=C(c2ccccc2)c2ccccc21. The van der Waals surface area contributed by atoms with Crippen molar-refractivity contribution in [3.8, 4) is 0 Å². The van der Waals surface area contributed by atoms with E-state index in [1.165, 1.54) is 0 Å². The standard InChI is InChI=1S/C14H10N2/c15-14-12-9-5-4-8-11(12)13(16-14)10-6-2-1-3-7-10/h1-9,15H. The van der Waals surface area contributed by atoms with Gasteiger partial charge in [0.2, 0.25) is 0 Å². The number of nitrogens with zero attached hydrogens (tertiary/aromatic N) is 1. The van der Waals surface area contributed by atoms with Crippen LogP contribution < -0.4 is 0 Å². The van der Waals surface area contributed by atoms with E-state index in [4.69, 9.17) is 5.41 Å². The fourth-order valence-electron chi connectivity index (χ4n) is 1.94. The molecule has 76 valence electrons. The van der Waals surface area contributed by atoms with E-state index in [2.05, 4.69) is 4.99 Å². The molecule has 0 radical (unpaired) electrons. The molecule has 16 heavy (non-hydrogen) atoms. The maximum Gasteiger partial charge on any atom is 0.153 e. The van der Waals surface area contributed by atoms with Gasteiger partial charge in [-0.15, -0.1) is 0 Å². The topological polar surface area (TPSA) is 36.2 Å². The maximum atomic E-state index is 7.82. The Morgan fingerprint density at radius 3 is 2.12 bits per heavy atom. The molecule has 0 fully saturated rings. The van der Waals surface area contributed by atoms with Crippen molar-refractivity contribution in [2.24, 2.45) is 4.99 Å². The molecule has 2 aromatic rings. The minimum atomic E-state index is 0.356. The van der Waals surface area contributed by atoms with Gasteiger partial charge in [0.05, 0.1) is 5.71 Å². The summed E-state index contributed by atoms with van der Waals surface area (Å²) in [6.07, 6.45) is 0. The van der Waals surface area contributed by atoms with Crippen LogP contribution in [0, 0.1) is 5.41 Å². The minimum Gasteiger partial charge on any atom is -0.282 e. The van der Waals surface area contributed by atoms with E-state index < -0.39 is 0 Å². The highest BCUT2D eigenvalue weighted by molar-refractivity contribution is 6.28. The van der Waals surface area contributed by atoms with Crippen molar-refractivity contribution in [1.82, 2.24) is 0 Å². The van der Waals surface area contributed by atoms with Crippen molar-refractivity contribution >= 4 is 11.5 Å². The molecule has 2 aromatic carbocycles. The lowest BCUT2D eigenvalue weighted by Gasteiger charge is -2.02. The third-order valence-electron chi connectivity index (χ3n) is 2.71. The summed E-state index contributed by atoms with van der Waals surface area (Å²) in [6, 6.07) is 17.9. The van der Waals surface area contributed by atoms with Crippen LogP contribution in [0.15, 0.2) is 59.6 Å². The van der Waals surface area contributed by atoms with Gasteiger partial charge in [-0.1, -0.05) is 54.6 Å². The lowest BCUT2D eigenvalue weighted by molar-refractivity contribution is 1.45. The molecule has 3 rings (SSSR count). The van der Waals surface area contributed by atoms with E-state index >= 15 is 0 Å². The van der Waals surface area contributed by atoms with Crippen LogP contribution in [0.25, 0.3) is 0 Å². The number of fused-ring (bicyclic) bond motifs is 1. The summed E-state index contributed by atoms with van der Waals surface area (Å²) in [5.74, 6) is 0.356. The summed E-state index contributed by atoms with van der Waals surface area (Å²) in [7, 11) is 0. The van der Waals surface area contributed by atoms with E-state index in [-0.39, 0.29) is 0 Å². The molecule has 0 amide bonds. The van der Waals surface area contributed by atoms with Gasteiger partial charge < -0.3 is 0 Å². The van der Waals surface area contributed by atoms with Crippen molar-refractivity contribution in [3.63, 3.8) is 0 Å². The zero-order chi connectivity index (χ0) is 11.0. The second-order valence-electron chi connectivity index (χ2n) is 3.72.